The summed E-state index contributed by atoms with van der Waals surface area (Å²) >= 11 is 6.17. The van der Waals surface area contributed by atoms with Gasteiger partial charge >= 0.3 is 0 Å². The molecule has 0 unspecified atom stereocenters. The van der Waals surface area contributed by atoms with Crippen LogP contribution < -0.4 is 11.1 Å². The summed E-state index contributed by atoms with van der Waals surface area (Å²) in [5.41, 5.74) is 9.90. The lowest BCUT2D eigenvalue weighted by molar-refractivity contribution is 0.343. The second-order valence-corrected chi connectivity index (χ2v) is 8.34. The molecule has 0 atom stereocenters. The van der Waals surface area contributed by atoms with Crippen LogP contribution in [0, 0.1) is 24.1 Å². The molecule has 0 amide bonds. The number of aryl methyl sites for hydroxylation is 1. The lowest BCUT2D eigenvalue weighted by Gasteiger charge is -2.22. The number of nitrogens with two attached hydrogens (primary N) is 1. The smallest absolute Gasteiger partial charge is 0.133 e. The molecule has 1 fully saturated rings. The number of benzene rings is 1. The molecule has 0 radical (unpaired) electrons. The van der Waals surface area contributed by atoms with Gasteiger partial charge in [0.05, 0.1) is 28.9 Å². The van der Waals surface area contributed by atoms with Crippen molar-refractivity contribution < 1.29 is 4.39 Å². The average molecular weight is 463 g/mol. The number of aromatic nitrogens is 3. The second-order valence-electron chi connectivity index (χ2n) is 7.94. The van der Waals surface area contributed by atoms with E-state index in [2.05, 4.69) is 15.4 Å². The molecular weight excluding hydrogens is 439 g/mol. The van der Waals surface area contributed by atoms with E-state index < -0.39 is 5.82 Å². The maximum Gasteiger partial charge on any atom is 0.133 e. The van der Waals surface area contributed by atoms with Gasteiger partial charge in [-0.3, -0.25) is 9.67 Å². The summed E-state index contributed by atoms with van der Waals surface area (Å²) in [6.45, 7) is 3.83. The predicted octanol–water partition coefficient (Wildman–Crippen LogP) is 4.88. The molecule has 3 aromatic rings. The Hall–Kier alpha value is -3.47. The number of nitrogens with zero attached hydrogens (tertiary/aromatic N) is 4. The first-order valence-corrected chi connectivity index (χ1v) is 11.1. The fourth-order valence-corrected chi connectivity index (χ4v) is 4.29. The van der Waals surface area contributed by atoms with E-state index in [0.717, 1.165) is 48.3 Å². The van der Waals surface area contributed by atoms with Crippen LogP contribution in [0.3, 0.4) is 0 Å². The minimum absolute atomic E-state index is 0.0473. The van der Waals surface area contributed by atoms with Crippen LogP contribution in [0.5, 0.6) is 0 Å². The van der Waals surface area contributed by atoms with Crippen molar-refractivity contribution in [1.82, 2.24) is 20.1 Å². The number of piperidine rings is 1. The summed E-state index contributed by atoms with van der Waals surface area (Å²) in [5, 5.41) is 17.8. The highest BCUT2D eigenvalue weighted by molar-refractivity contribution is 6.32. The van der Waals surface area contributed by atoms with E-state index in [1.807, 2.05) is 36.1 Å². The summed E-state index contributed by atoms with van der Waals surface area (Å²) in [7, 11) is 0. The number of hydrogen-bond donors (Lipinski definition) is 2. The Morgan fingerprint density at radius 1 is 1.30 bits per heavy atom. The second kappa shape index (κ2) is 9.99. The van der Waals surface area contributed by atoms with Crippen molar-refractivity contribution in [3.8, 4) is 17.2 Å². The molecule has 2 aromatic heterocycles. The molecule has 1 aromatic carbocycles. The van der Waals surface area contributed by atoms with Gasteiger partial charge in [0.1, 0.15) is 5.82 Å². The number of rotatable bonds is 5. The van der Waals surface area contributed by atoms with Crippen LogP contribution in [-0.2, 0) is 0 Å². The number of allylic oxidation sites excluding steroid dienone is 3. The van der Waals surface area contributed by atoms with E-state index in [9.17, 15) is 9.65 Å². The highest BCUT2D eigenvalue weighted by Crippen LogP contribution is 2.31. The van der Waals surface area contributed by atoms with Crippen molar-refractivity contribution in [1.29, 1.82) is 5.26 Å². The fourth-order valence-electron chi connectivity index (χ4n) is 4.03. The van der Waals surface area contributed by atoms with E-state index >= 15 is 0 Å². The van der Waals surface area contributed by atoms with Gasteiger partial charge in [0.15, 0.2) is 0 Å². The lowest BCUT2D eigenvalue weighted by atomic mass is 9.97. The zero-order valence-electron chi connectivity index (χ0n) is 18.2. The molecule has 0 aliphatic carbocycles. The third-order valence-corrected chi connectivity index (χ3v) is 6.16. The van der Waals surface area contributed by atoms with Gasteiger partial charge in [-0.15, -0.1) is 0 Å². The molecule has 1 aliphatic heterocycles. The summed E-state index contributed by atoms with van der Waals surface area (Å²) < 4.78 is 16.4. The van der Waals surface area contributed by atoms with Crippen molar-refractivity contribution in [2.45, 2.75) is 25.8 Å². The SMILES string of the molecule is Cc1ncc(-c2cnn(C3CCNCC3)c2)cc1C(=C\N)/C=C(\C#N)c1c(F)cccc1Cl. The van der Waals surface area contributed by atoms with Gasteiger partial charge < -0.3 is 11.1 Å². The highest BCUT2D eigenvalue weighted by atomic mass is 35.5. The molecule has 1 aliphatic rings. The van der Waals surface area contributed by atoms with E-state index in [1.54, 1.807) is 12.3 Å². The molecule has 0 saturated carbocycles. The van der Waals surface area contributed by atoms with Gasteiger partial charge in [0.2, 0.25) is 0 Å². The number of nitrogens with one attached hydrogen (secondary N) is 1. The van der Waals surface area contributed by atoms with Crippen LogP contribution in [0.25, 0.3) is 22.3 Å². The van der Waals surface area contributed by atoms with Crippen LogP contribution in [0.2, 0.25) is 5.02 Å². The van der Waals surface area contributed by atoms with Crippen molar-refractivity contribution in [2.24, 2.45) is 5.73 Å². The first kappa shape index (κ1) is 22.7. The van der Waals surface area contributed by atoms with E-state index in [0.29, 0.717) is 11.6 Å². The first-order valence-electron chi connectivity index (χ1n) is 10.7. The van der Waals surface area contributed by atoms with Crippen LogP contribution in [-0.4, -0.2) is 27.9 Å². The Morgan fingerprint density at radius 2 is 2.09 bits per heavy atom. The standard InChI is InChI=1S/C25H24ClFN6/c1-16-22(17(11-28)9-18(12-29)25-23(26)3-2-4-24(25)27)10-19(13-31-16)20-14-32-33(15-20)21-5-7-30-8-6-21/h2-4,9-11,13-15,21,30H,5-8,28H2,1H3/b17-11-,18-9+. The normalized spacial score (nSPS) is 15.5. The fraction of sp³-hybridized carbons (Fsp3) is 0.240. The van der Waals surface area contributed by atoms with Gasteiger partial charge in [-0.05, 0) is 57.1 Å². The number of hydrogen-bond acceptors (Lipinski definition) is 5. The minimum atomic E-state index is -0.569. The van der Waals surface area contributed by atoms with Crippen molar-refractivity contribution in [3.05, 3.63) is 82.8 Å². The third-order valence-electron chi connectivity index (χ3n) is 5.85. The quantitative estimate of drug-likeness (QED) is 0.416. The Labute approximate surface area is 197 Å². The highest BCUT2D eigenvalue weighted by Gasteiger charge is 2.18. The van der Waals surface area contributed by atoms with Crippen LogP contribution in [0.15, 0.2) is 55.1 Å². The molecule has 1 saturated heterocycles. The molecule has 3 heterocycles. The van der Waals surface area contributed by atoms with Gasteiger partial charge in [0, 0.05) is 52.1 Å². The molecule has 0 bridgehead atoms. The Balaban J connectivity index is 1.70. The van der Waals surface area contributed by atoms with Crippen molar-refractivity contribution >= 4 is 22.7 Å². The maximum absolute atomic E-state index is 14.4. The molecule has 3 N–H and O–H groups in total. The third kappa shape index (κ3) is 4.82. The van der Waals surface area contributed by atoms with Gasteiger partial charge in [-0.1, -0.05) is 17.7 Å². The Morgan fingerprint density at radius 3 is 2.79 bits per heavy atom. The van der Waals surface area contributed by atoms with Gasteiger partial charge in [-0.25, -0.2) is 4.39 Å². The number of halogens is 2. The van der Waals surface area contributed by atoms with E-state index in [1.165, 1.54) is 24.4 Å². The van der Waals surface area contributed by atoms with Crippen LogP contribution in [0.1, 0.15) is 35.7 Å². The molecule has 168 valence electrons. The zero-order valence-corrected chi connectivity index (χ0v) is 19.0. The van der Waals surface area contributed by atoms with E-state index in [-0.39, 0.29) is 16.2 Å². The summed E-state index contributed by atoms with van der Waals surface area (Å²) in [5.74, 6) is -0.569. The van der Waals surface area contributed by atoms with Crippen LogP contribution >= 0.6 is 11.6 Å². The van der Waals surface area contributed by atoms with E-state index in [4.69, 9.17) is 17.3 Å². The zero-order chi connectivity index (χ0) is 23.4. The summed E-state index contributed by atoms with van der Waals surface area (Å²) in [4.78, 5) is 4.53. The molecule has 8 heteroatoms. The van der Waals surface area contributed by atoms with Gasteiger partial charge in [0.25, 0.3) is 0 Å². The monoisotopic (exact) mass is 462 g/mol. The largest absolute Gasteiger partial charge is 0.404 e. The summed E-state index contributed by atoms with van der Waals surface area (Å²) in [6.07, 6.45) is 10.7. The summed E-state index contributed by atoms with van der Waals surface area (Å²) in [6, 6.07) is 8.69. The molecule has 0 spiro atoms. The molecule has 6 nitrogen and oxygen atoms in total. The number of nitriles is 1. The van der Waals surface area contributed by atoms with Crippen LogP contribution in [0.4, 0.5) is 4.39 Å². The molecule has 4 rings (SSSR count). The van der Waals surface area contributed by atoms with Crippen molar-refractivity contribution in [2.75, 3.05) is 13.1 Å². The first-order chi connectivity index (χ1) is 16.0. The number of pyridine rings is 1. The van der Waals surface area contributed by atoms with Crippen molar-refractivity contribution in [3.63, 3.8) is 0 Å². The average Bonchev–Trinajstić information content (AvgIpc) is 3.32. The Bertz CT molecular complexity index is 1240. The Kier molecular flexibility index (Phi) is 6.87. The minimum Gasteiger partial charge on any atom is -0.404 e. The topological polar surface area (TPSA) is 92.6 Å². The molecular formula is C25H24ClFN6. The molecule has 33 heavy (non-hydrogen) atoms. The maximum atomic E-state index is 14.4. The predicted molar refractivity (Wildman–Crippen MR) is 129 cm³/mol. The lowest BCUT2D eigenvalue weighted by Crippen LogP contribution is -2.29. The van der Waals surface area contributed by atoms with Gasteiger partial charge in [-0.2, -0.15) is 10.4 Å².